The van der Waals surface area contributed by atoms with Gasteiger partial charge in [-0.25, -0.2) is 8.42 Å². The highest BCUT2D eigenvalue weighted by Gasteiger charge is 2.50. The predicted molar refractivity (Wildman–Crippen MR) is 105 cm³/mol. The smallest absolute Gasteiger partial charge is 0.382 e. The summed E-state index contributed by atoms with van der Waals surface area (Å²) in [6.45, 7) is 5.36. The molecule has 1 saturated heterocycles. The van der Waals surface area contributed by atoms with E-state index in [2.05, 4.69) is 15.6 Å². The van der Waals surface area contributed by atoms with Crippen molar-refractivity contribution in [3.63, 3.8) is 0 Å². The first-order chi connectivity index (χ1) is 13.7. The summed E-state index contributed by atoms with van der Waals surface area (Å²) in [5.74, 6) is 0.706. The summed E-state index contributed by atoms with van der Waals surface area (Å²) in [4.78, 5) is 4.49. The van der Waals surface area contributed by atoms with E-state index in [1.807, 2.05) is 6.92 Å². The number of ether oxygens (including phenoxy) is 2. The first-order valence-corrected chi connectivity index (χ1v) is 11.3. The molecule has 0 atom stereocenters. The number of nitrogens with zero attached hydrogens (tertiary/aromatic N) is 2. The van der Waals surface area contributed by atoms with Gasteiger partial charge in [-0.05, 0) is 38.5 Å². The second-order valence-electron chi connectivity index (χ2n) is 6.75. The third-order valence-electron chi connectivity index (χ3n) is 4.50. The van der Waals surface area contributed by atoms with Gasteiger partial charge in [-0.1, -0.05) is 0 Å². The van der Waals surface area contributed by atoms with Gasteiger partial charge < -0.3 is 20.1 Å². The van der Waals surface area contributed by atoms with E-state index in [4.69, 9.17) is 9.47 Å². The molecule has 8 nitrogen and oxygen atoms in total. The van der Waals surface area contributed by atoms with Gasteiger partial charge in [0.15, 0.2) is 5.96 Å². The molecule has 1 aliphatic rings. The van der Waals surface area contributed by atoms with Gasteiger partial charge in [0.25, 0.3) is 0 Å². The van der Waals surface area contributed by atoms with E-state index >= 15 is 0 Å². The number of sulfonamides is 1. The van der Waals surface area contributed by atoms with Crippen LogP contribution in [-0.2, 0) is 19.5 Å². The van der Waals surface area contributed by atoms with Crippen LogP contribution in [0.4, 0.5) is 13.2 Å². The summed E-state index contributed by atoms with van der Waals surface area (Å²) in [6.07, 6.45) is 2.53. The minimum Gasteiger partial charge on any atom is -0.382 e. The Morgan fingerprint density at radius 2 is 1.83 bits per heavy atom. The zero-order valence-electron chi connectivity index (χ0n) is 17.1. The highest BCUT2D eigenvalue weighted by Crippen LogP contribution is 2.30. The highest BCUT2D eigenvalue weighted by atomic mass is 32.2. The van der Waals surface area contributed by atoms with Crippen LogP contribution in [0.25, 0.3) is 0 Å². The molecule has 1 heterocycles. The molecule has 29 heavy (non-hydrogen) atoms. The maximum absolute atomic E-state index is 12.6. The lowest BCUT2D eigenvalue weighted by Crippen LogP contribution is -2.45. The van der Waals surface area contributed by atoms with Crippen LogP contribution in [0, 0.1) is 5.92 Å². The van der Waals surface area contributed by atoms with Crippen LogP contribution in [-0.4, -0.2) is 83.8 Å². The zero-order valence-corrected chi connectivity index (χ0v) is 17.9. The monoisotopic (exact) mass is 446 g/mol. The number of halogens is 3. The first-order valence-electron chi connectivity index (χ1n) is 9.87. The molecule has 0 unspecified atom stereocenters. The van der Waals surface area contributed by atoms with Crippen LogP contribution in [0.1, 0.15) is 32.6 Å². The zero-order chi connectivity index (χ0) is 21.8. The van der Waals surface area contributed by atoms with Gasteiger partial charge in [-0.15, -0.1) is 0 Å². The number of unbranched alkanes of at least 4 members (excludes halogenated alkanes) is 1. The molecular weight excluding hydrogens is 413 g/mol. The van der Waals surface area contributed by atoms with E-state index in [-0.39, 0.29) is 19.0 Å². The molecule has 0 aromatic rings. The Balaban J connectivity index is 2.33. The van der Waals surface area contributed by atoms with E-state index in [1.165, 1.54) is 0 Å². The fourth-order valence-electron chi connectivity index (χ4n) is 2.82. The van der Waals surface area contributed by atoms with Crippen molar-refractivity contribution >= 4 is 16.0 Å². The normalized spacial score (nSPS) is 17.5. The fraction of sp³-hybridized carbons (Fsp3) is 0.941. The van der Waals surface area contributed by atoms with Crippen molar-refractivity contribution in [3.8, 4) is 0 Å². The summed E-state index contributed by atoms with van der Waals surface area (Å²) in [7, 11) is -3.60. The van der Waals surface area contributed by atoms with Crippen LogP contribution in [0.3, 0.4) is 0 Å². The Kier molecular flexibility index (Phi) is 11.8. The molecule has 0 aliphatic carbocycles. The number of aliphatic imine (C=N–C) groups is 1. The van der Waals surface area contributed by atoms with E-state index in [9.17, 15) is 21.6 Å². The summed E-state index contributed by atoms with van der Waals surface area (Å²) in [6, 6.07) is 0. The largest absolute Gasteiger partial charge is 0.511 e. The maximum atomic E-state index is 12.6. The van der Waals surface area contributed by atoms with Gasteiger partial charge in [-0.2, -0.15) is 17.5 Å². The van der Waals surface area contributed by atoms with Crippen molar-refractivity contribution in [2.45, 2.75) is 38.1 Å². The van der Waals surface area contributed by atoms with Crippen LogP contribution in [0.2, 0.25) is 0 Å². The minimum absolute atomic E-state index is 0.0549. The number of alkyl halides is 3. The molecule has 0 bridgehead atoms. The Morgan fingerprint density at radius 3 is 2.41 bits per heavy atom. The topological polar surface area (TPSA) is 92.3 Å². The van der Waals surface area contributed by atoms with Gasteiger partial charge in [0.05, 0.1) is 13.2 Å². The van der Waals surface area contributed by atoms with Crippen LogP contribution < -0.4 is 10.6 Å². The SMILES string of the molecule is CCNC(=NCC1CCN(S(=O)(=O)C(F)(F)F)CC1)NCCCCOCCOC. The summed E-state index contributed by atoms with van der Waals surface area (Å²) in [5, 5.41) is 6.35. The van der Waals surface area contributed by atoms with Crippen LogP contribution >= 0.6 is 0 Å². The average molecular weight is 447 g/mol. The van der Waals surface area contributed by atoms with E-state index in [1.54, 1.807) is 7.11 Å². The van der Waals surface area contributed by atoms with Gasteiger partial charge in [0.1, 0.15) is 0 Å². The molecule has 1 rings (SSSR count). The predicted octanol–water partition coefficient (Wildman–Crippen LogP) is 1.55. The summed E-state index contributed by atoms with van der Waals surface area (Å²) in [5.41, 5.74) is -5.24. The van der Waals surface area contributed by atoms with Crippen molar-refractivity contribution in [2.75, 3.05) is 59.7 Å². The molecule has 1 aliphatic heterocycles. The number of rotatable bonds is 12. The Bertz CT molecular complexity index is 580. The summed E-state index contributed by atoms with van der Waals surface area (Å²) >= 11 is 0. The van der Waals surface area contributed by atoms with E-state index in [0.29, 0.717) is 56.0 Å². The third kappa shape index (κ3) is 9.49. The third-order valence-corrected chi connectivity index (χ3v) is 6.13. The lowest BCUT2D eigenvalue weighted by molar-refractivity contribution is -0.0496. The number of hydrogen-bond acceptors (Lipinski definition) is 5. The molecule has 2 N–H and O–H groups in total. The van der Waals surface area contributed by atoms with Crippen molar-refractivity contribution in [1.29, 1.82) is 0 Å². The number of nitrogens with one attached hydrogen (secondary N) is 2. The average Bonchev–Trinajstić information content (AvgIpc) is 2.67. The molecular formula is C17H33F3N4O4S. The Labute approximate surface area is 171 Å². The van der Waals surface area contributed by atoms with Crippen molar-refractivity contribution in [3.05, 3.63) is 0 Å². The van der Waals surface area contributed by atoms with Crippen LogP contribution in [0.5, 0.6) is 0 Å². The van der Waals surface area contributed by atoms with Crippen molar-refractivity contribution in [2.24, 2.45) is 10.9 Å². The standard InChI is InChI=1S/C17H33F3N4O4S/c1-3-21-16(22-8-4-5-11-28-13-12-27-2)23-14-15-6-9-24(10-7-15)29(25,26)17(18,19)20/h15H,3-14H2,1-2H3,(H2,21,22,23). The van der Waals surface area contributed by atoms with Gasteiger partial charge in [-0.3, -0.25) is 4.99 Å². The molecule has 12 heteroatoms. The molecule has 172 valence electrons. The number of guanidine groups is 1. The van der Waals surface area contributed by atoms with Crippen LogP contribution in [0.15, 0.2) is 4.99 Å². The molecule has 0 spiro atoms. The Morgan fingerprint density at radius 1 is 1.14 bits per heavy atom. The van der Waals surface area contributed by atoms with Crippen molar-refractivity contribution in [1.82, 2.24) is 14.9 Å². The molecule has 0 aromatic heterocycles. The Hall–Kier alpha value is -1.11. The number of methoxy groups -OCH3 is 1. The van der Waals surface area contributed by atoms with E-state index in [0.717, 1.165) is 19.4 Å². The molecule has 1 fully saturated rings. The number of piperidine rings is 1. The maximum Gasteiger partial charge on any atom is 0.511 e. The second-order valence-corrected chi connectivity index (χ2v) is 8.68. The lowest BCUT2D eigenvalue weighted by atomic mass is 9.98. The van der Waals surface area contributed by atoms with E-state index < -0.39 is 15.5 Å². The summed E-state index contributed by atoms with van der Waals surface area (Å²) < 4.78 is 71.6. The lowest BCUT2D eigenvalue weighted by Gasteiger charge is -2.30. The minimum atomic E-state index is -5.24. The molecule has 0 saturated carbocycles. The van der Waals surface area contributed by atoms with Gasteiger partial charge in [0, 0.05) is 46.4 Å². The molecule has 0 aromatic carbocycles. The second kappa shape index (κ2) is 13.2. The quantitative estimate of drug-likeness (QED) is 0.269. The van der Waals surface area contributed by atoms with Gasteiger partial charge >= 0.3 is 15.5 Å². The highest BCUT2D eigenvalue weighted by molar-refractivity contribution is 7.90. The molecule has 0 radical (unpaired) electrons. The molecule has 0 amide bonds. The number of hydrogen-bond donors (Lipinski definition) is 2. The van der Waals surface area contributed by atoms with Gasteiger partial charge in [0.2, 0.25) is 0 Å². The first kappa shape index (κ1) is 25.9. The van der Waals surface area contributed by atoms with Crippen molar-refractivity contribution < 1.29 is 31.1 Å². The fourth-order valence-corrected chi connectivity index (χ4v) is 3.81.